The number of benzene rings is 2. The summed E-state index contributed by atoms with van der Waals surface area (Å²) in [6.45, 7) is 22.4. The molecule has 194 valence electrons. The van der Waals surface area contributed by atoms with E-state index in [0.29, 0.717) is 11.8 Å². The Morgan fingerprint density at radius 3 is 1.30 bits per heavy atom. The van der Waals surface area contributed by atoms with E-state index in [-0.39, 0.29) is 10.8 Å². The number of rotatable bonds is 4. The van der Waals surface area contributed by atoms with E-state index >= 15 is 0 Å². The van der Waals surface area contributed by atoms with Gasteiger partial charge in [0.25, 0.3) is 0 Å². The van der Waals surface area contributed by atoms with Gasteiger partial charge < -0.3 is 4.98 Å². The van der Waals surface area contributed by atoms with Crippen molar-refractivity contribution in [1.29, 1.82) is 0 Å². The Kier molecular flexibility index (Phi) is 5.89. The summed E-state index contributed by atoms with van der Waals surface area (Å²) in [5.41, 5.74) is 9.14. The minimum Gasteiger partial charge on any atom is -0.351 e. The molecule has 5 aromatic rings. The second kappa shape index (κ2) is 8.61. The van der Waals surface area contributed by atoms with Gasteiger partial charge in [0.05, 0.1) is 33.8 Å². The first-order valence-corrected chi connectivity index (χ1v) is 13.5. The van der Waals surface area contributed by atoms with Crippen molar-refractivity contribution in [1.82, 2.24) is 24.5 Å². The van der Waals surface area contributed by atoms with Gasteiger partial charge in [0.2, 0.25) is 0 Å². The Hall–Kier alpha value is -3.34. The van der Waals surface area contributed by atoms with Crippen LogP contribution >= 0.6 is 0 Å². The SMILES string of the molecule is CC(C)c1ccn(-c2cc(C(C)(C)C)cc3c2[nH]c2c(-n4ccc(C(C)C)n4)cc(C(C)(C)C)cc23)n1. The van der Waals surface area contributed by atoms with Gasteiger partial charge in [-0.1, -0.05) is 69.2 Å². The van der Waals surface area contributed by atoms with Gasteiger partial charge in [-0.05, 0) is 70.2 Å². The zero-order valence-electron chi connectivity index (χ0n) is 24.1. The van der Waals surface area contributed by atoms with Gasteiger partial charge in [0, 0.05) is 23.2 Å². The lowest BCUT2D eigenvalue weighted by molar-refractivity contribution is 0.589. The van der Waals surface area contributed by atoms with Crippen LogP contribution in [0.2, 0.25) is 0 Å². The molecule has 3 heterocycles. The number of nitrogens with zero attached hydrogens (tertiary/aromatic N) is 4. The Balaban J connectivity index is 1.89. The molecule has 0 amide bonds. The summed E-state index contributed by atoms with van der Waals surface area (Å²) >= 11 is 0. The molecule has 2 aromatic carbocycles. The largest absolute Gasteiger partial charge is 0.351 e. The third-order valence-electron chi connectivity index (χ3n) is 7.40. The van der Waals surface area contributed by atoms with Crippen LogP contribution in [0.3, 0.4) is 0 Å². The zero-order chi connectivity index (χ0) is 26.9. The van der Waals surface area contributed by atoms with E-state index in [1.54, 1.807) is 0 Å². The van der Waals surface area contributed by atoms with E-state index in [0.717, 1.165) is 33.8 Å². The van der Waals surface area contributed by atoms with Crippen molar-refractivity contribution >= 4 is 21.8 Å². The number of nitrogens with one attached hydrogen (secondary N) is 1. The van der Waals surface area contributed by atoms with Gasteiger partial charge in [0.1, 0.15) is 0 Å². The van der Waals surface area contributed by atoms with Gasteiger partial charge in [0.15, 0.2) is 0 Å². The van der Waals surface area contributed by atoms with Crippen LogP contribution in [-0.2, 0) is 10.8 Å². The second-order valence-corrected chi connectivity index (χ2v) is 13.1. The van der Waals surface area contributed by atoms with Gasteiger partial charge in [-0.3, -0.25) is 0 Å². The van der Waals surface area contributed by atoms with E-state index in [1.165, 1.54) is 21.9 Å². The number of hydrogen-bond acceptors (Lipinski definition) is 2. The average Bonchev–Trinajstić information content (AvgIpc) is 3.54. The molecular weight excluding hydrogens is 454 g/mol. The van der Waals surface area contributed by atoms with E-state index in [9.17, 15) is 0 Å². The van der Waals surface area contributed by atoms with Crippen molar-refractivity contribution in [2.24, 2.45) is 0 Å². The molecule has 5 nitrogen and oxygen atoms in total. The first-order chi connectivity index (χ1) is 17.2. The molecule has 0 unspecified atom stereocenters. The van der Waals surface area contributed by atoms with Gasteiger partial charge in [-0.15, -0.1) is 0 Å². The molecule has 0 saturated carbocycles. The van der Waals surface area contributed by atoms with Crippen LogP contribution in [-0.4, -0.2) is 24.5 Å². The summed E-state index contributed by atoms with van der Waals surface area (Å²) in [7, 11) is 0. The minimum absolute atomic E-state index is 0.000813. The molecule has 0 bridgehead atoms. The molecule has 0 saturated heterocycles. The van der Waals surface area contributed by atoms with Gasteiger partial charge in [-0.25, -0.2) is 9.36 Å². The van der Waals surface area contributed by atoms with Crippen molar-refractivity contribution in [3.8, 4) is 11.4 Å². The Bertz CT molecular complexity index is 1470. The van der Waals surface area contributed by atoms with Gasteiger partial charge in [-0.2, -0.15) is 10.2 Å². The number of fused-ring (bicyclic) bond motifs is 3. The van der Waals surface area contributed by atoms with Crippen LogP contribution in [0.15, 0.2) is 48.8 Å². The molecule has 37 heavy (non-hydrogen) atoms. The number of aromatic amines is 1. The van der Waals surface area contributed by atoms with Crippen molar-refractivity contribution < 1.29 is 0 Å². The Labute approximate surface area is 220 Å². The Morgan fingerprint density at radius 1 is 0.622 bits per heavy atom. The Morgan fingerprint density at radius 2 is 1.00 bits per heavy atom. The molecule has 0 radical (unpaired) electrons. The zero-order valence-corrected chi connectivity index (χ0v) is 24.1. The second-order valence-electron chi connectivity index (χ2n) is 13.1. The topological polar surface area (TPSA) is 51.4 Å². The summed E-state index contributed by atoms with van der Waals surface area (Å²) < 4.78 is 4.08. The molecule has 0 fully saturated rings. The molecule has 5 rings (SSSR count). The predicted octanol–water partition coefficient (Wildman–Crippen LogP) is 8.53. The van der Waals surface area contributed by atoms with Gasteiger partial charge >= 0.3 is 0 Å². The molecule has 0 aliphatic rings. The fraction of sp³-hybridized carbons (Fsp3) is 0.438. The maximum Gasteiger partial charge on any atom is 0.0889 e. The first kappa shape index (κ1) is 25.3. The molecular formula is C32H41N5. The van der Waals surface area contributed by atoms with E-state index in [4.69, 9.17) is 10.2 Å². The molecule has 5 heteroatoms. The van der Waals surface area contributed by atoms with Crippen LogP contribution in [0.1, 0.15) is 104 Å². The molecule has 0 atom stereocenters. The van der Waals surface area contributed by atoms with E-state index in [2.05, 4.69) is 123 Å². The lowest BCUT2D eigenvalue weighted by Crippen LogP contribution is -2.12. The van der Waals surface area contributed by atoms with Crippen molar-refractivity contribution in [2.75, 3.05) is 0 Å². The maximum absolute atomic E-state index is 4.96. The number of H-pyrrole nitrogens is 1. The van der Waals surface area contributed by atoms with E-state index in [1.807, 2.05) is 9.36 Å². The number of aromatic nitrogens is 5. The summed E-state index contributed by atoms with van der Waals surface area (Å²) in [6.07, 6.45) is 4.18. The molecule has 0 aliphatic heterocycles. The highest BCUT2D eigenvalue weighted by Gasteiger charge is 2.24. The summed E-state index contributed by atoms with van der Waals surface area (Å²) in [6, 6.07) is 13.6. The molecule has 0 spiro atoms. The van der Waals surface area contributed by atoms with Crippen molar-refractivity contribution in [3.05, 3.63) is 71.3 Å². The smallest absolute Gasteiger partial charge is 0.0889 e. The van der Waals surface area contributed by atoms with E-state index < -0.39 is 0 Å². The highest BCUT2D eigenvalue weighted by atomic mass is 15.3. The third kappa shape index (κ3) is 4.49. The summed E-state index contributed by atoms with van der Waals surface area (Å²) in [4.78, 5) is 3.82. The molecule has 3 aromatic heterocycles. The minimum atomic E-state index is -0.000813. The summed E-state index contributed by atoms with van der Waals surface area (Å²) in [5.74, 6) is 0.752. The van der Waals surface area contributed by atoms with Crippen molar-refractivity contribution in [2.45, 2.75) is 91.9 Å². The lowest BCUT2D eigenvalue weighted by atomic mass is 9.84. The normalized spacial score (nSPS) is 13.1. The quantitative estimate of drug-likeness (QED) is 0.271. The maximum atomic E-state index is 4.96. The highest BCUT2D eigenvalue weighted by Crippen LogP contribution is 2.39. The molecule has 1 N–H and O–H groups in total. The van der Waals surface area contributed by atoms with Crippen LogP contribution in [0, 0.1) is 0 Å². The average molecular weight is 496 g/mol. The fourth-order valence-electron chi connectivity index (χ4n) is 4.85. The van der Waals surface area contributed by atoms with Crippen LogP contribution in [0.4, 0.5) is 0 Å². The lowest BCUT2D eigenvalue weighted by Gasteiger charge is -2.21. The monoisotopic (exact) mass is 495 g/mol. The standard InChI is InChI=1S/C32H41N5/c1-19(2)25-11-13-36(34-25)27-17-21(31(5,6)7)15-23-24-16-22(32(8,9)10)18-28(30(24)33-29(23)27)37-14-12-26(35-37)20(3)4/h11-20,33H,1-10H3. The fourth-order valence-corrected chi connectivity index (χ4v) is 4.85. The predicted molar refractivity (Wildman–Crippen MR) is 156 cm³/mol. The summed E-state index contributed by atoms with van der Waals surface area (Å²) in [5, 5.41) is 12.4. The number of hydrogen-bond donors (Lipinski definition) is 1. The highest BCUT2D eigenvalue weighted by molar-refractivity contribution is 6.12. The molecule has 0 aliphatic carbocycles. The van der Waals surface area contributed by atoms with Crippen molar-refractivity contribution in [3.63, 3.8) is 0 Å². The first-order valence-electron chi connectivity index (χ1n) is 13.5. The third-order valence-corrected chi connectivity index (χ3v) is 7.40. The van der Waals surface area contributed by atoms with Crippen LogP contribution in [0.25, 0.3) is 33.2 Å². The van der Waals surface area contributed by atoms with Crippen LogP contribution < -0.4 is 0 Å². The van der Waals surface area contributed by atoms with Crippen LogP contribution in [0.5, 0.6) is 0 Å².